The van der Waals surface area contributed by atoms with E-state index in [1.807, 2.05) is 18.2 Å². The maximum Gasteiger partial charge on any atom is 0.0430 e. The van der Waals surface area contributed by atoms with Gasteiger partial charge in [0.25, 0.3) is 0 Å². The summed E-state index contributed by atoms with van der Waals surface area (Å²) < 4.78 is 0. The molecule has 0 fully saturated rings. The van der Waals surface area contributed by atoms with Crippen molar-refractivity contribution in [1.29, 1.82) is 0 Å². The van der Waals surface area contributed by atoms with Gasteiger partial charge >= 0.3 is 0 Å². The average molecular weight is 102 g/mol. The van der Waals surface area contributed by atoms with Gasteiger partial charge < -0.3 is 0 Å². The summed E-state index contributed by atoms with van der Waals surface area (Å²) in [5.74, 6) is 2.60. The third-order valence-electron chi connectivity index (χ3n) is 1.10. The van der Waals surface area contributed by atoms with E-state index >= 15 is 0 Å². The number of rotatable bonds is 0. The van der Waals surface area contributed by atoms with E-state index in [4.69, 9.17) is 6.42 Å². The second-order valence-corrected chi connectivity index (χ2v) is 1.72. The summed E-state index contributed by atoms with van der Waals surface area (Å²) in [6, 6.07) is 0. The molecule has 0 aromatic heterocycles. The molecule has 0 bridgehead atoms. The molecule has 0 heterocycles. The maximum atomic E-state index is 6.75. The van der Waals surface area contributed by atoms with Crippen LogP contribution in [0.5, 0.6) is 0 Å². The molecule has 0 nitrogen and oxygen atoms in total. The van der Waals surface area contributed by atoms with Gasteiger partial charge in [0.2, 0.25) is 0 Å². The third-order valence-corrected chi connectivity index (χ3v) is 1.10. The van der Waals surface area contributed by atoms with Crippen molar-refractivity contribution in [2.45, 2.75) is 6.42 Å². The van der Waals surface area contributed by atoms with Crippen LogP contribution in [0.3, 0.4) is 0 Å². The van der Waals surface area contributed by atoms with Crippen LogP contribution in [0, 0.1) is 24.3 Å². The zero-order chi connectivity index (χ0) is 5.82. The van der Waals surface area contributed by atoms with Crippen LogP contribution in [0.15, 0.2) is 18.2 Å². The molecule has 0 saturated heterocycles. The molecule has 0 aromatic rings. The maximum absolute atomic E-state index is 6.75. The van der Waals surface area contributed by atoms with Crippen LogP contribution in [0.2, 0.25) is 0 Å². The van der Waals surface area contributed by atoms with Gasteiger partial charge in [-0.25, -0.2) is 0 Å². The van der Waals surface area contributed by atoms with E-state index < -0.39 is 0 Å². The molecule has 0 heteroatoms. The largest absolute Gasteiger partial charge is 0.0812 e. The Morgan fingerprint density at radius 1 is 1.75 bits per heavy atom. The minimum Gasteiger partial charge on any atom is -0.0812 e. The van der Waals surface area contributed by atoms with Crippen molar-refractivity contribution in [2.24, 2.45) is 5.92 Å². The van der Waals surface area contributed by atoms with Crippen molar-refractivity contribution in [3.8, 4) is 5.92 Å². The number of allylic oxidation sites excluding steroid dienone is 4. The monoisotopic (exact) mass is 102 g/mol. The Kier molecular flexibility index (Phi) is 1.54. The van der Waals surface area contributed by atoms with E-state index in [1.165, 1.54) is 0 Å². The van der Waals surface area contributed by atoms with Crippen molar-refractivity contribution in [1.82, 2.24) is 0 Å². The van der Waals surface area contributed by atoms with E-state index in [2.05, 4.69) is 12.0 Å². The van der Waals surface area contributed by atoms with Gasteiger partial charge in [-0.05, 0) is 18.9 Å². The second kappa shape index (κ2) is 2.37. The first-order chi connectivity index (χ1) is 3.93. The van der Waals surface area contributed by atoms with Gasteiger partial charge in [-0.2, -0.15) is 0 Å². The fourth-order valence-corrected chi connectivity index (χ4v) is 0.620. The number of hydrogen-bond acceptors (Lipinski definition) is 0. The van der Waals surface area contributed by atoms with E-state index in [1.54, 1.807) is 0 Å². The Balaban J connectivity index is 2.55. The third kappa shape index (κ3) is 1.01. The van der Waals surface area contributed by atoms with Crippen LogP contribution in [0.25, 0.3) is 0 Å². The van der Waals surface area contributed by atoms with Crippen LogP contribution in [0.4, 0.5) is 0 Å². The molecule has 0 unspecified atom stereocenters. The van der Waals surface area contributed by atoms with Gasteiger partial charge in [-0.15, -0.1) is 0 Å². The smallest absolute Gasteiger partial charge is 0.0430 e. The summed E-state index contributed by atoms with van der Waals surface area (Å²) in [5, 5.41) is 0. The molecule has 38 valence electrons. The summed E-state index contributed by atoms with van der Waals surface area (Å²) in [6.45, 7) is 0. The second-order valence-electron chi connectivity index (χ2n) is 1.72. The summed E-state index contributed by atoms with van der Waals surface area (Å²) in [7, 11) is 0. The lowest BCUT2D eigenvalue weighted by Gasteiger charge is -2.01. The Morgan fingerprint density at radius 3 is 3.00 bits per heavy atom. The van der Waals surface area contributed by atoms with E-state index in [0.29, 0.717) is 0 Å². The van der Waals surface area contributed by atoms with Gasteiger partial charge in [-0.1, -0.05) is 24.1 Å². The number of hydrogen-bond donors (Lipinski definition) is 0. The highest BCUT2D eigenvalue weighted by atomic mass is 14.0. The molecule has 8 heavy (non-hydrogen) atoms. The van der Waals surface area contributed by atoms with Crippen LogP contribution in [-0.2, 0) is 0 Å². The first-order valence-corrected chi connectivity index (χ1v) is 2.60. The van der Waals surface area contributed by atoms with Gasteiger partial charge in [0.15, 0.2) is 0 Å². The topological polar surface area (TPSA) is 0 Å². The molecule has 1 aliphatic carbocycles. The van der Waals surface area contributed by atoms with Gasteiger partial charge in [0.05, 0.1) is 0 Å². The van der Waals surface area contributed by atoms with Gasteiger partial charge in [0.1, 0.15) is 0 Å². The van der Waals surface area contributed by atoms with Crippen LogP contribution in [-0.4, -0.2) is 0 Å². The molecule has 0 aliphatic heterocycles. The lowest BCUT2D eigenvalue weighted by molar-refractivity contribution is 0.848. The molecule has 0 saturated carbocycles. The Hall–Kier alpha value is -0.960. The van der Waals surface area contributed by atoms with Gasteiger partial charge in [-0.3, -0.25) is 0 Å². The van der Waals surface area contributed by atoms with Gasteiger partial charge in [0, 0.05) is 5.92 Å². The molecular weight excluding hydrogens is 96.1 g/mol. The fourth-order valence-electron chi connectivity index (χ4n) is 0.620. The highest BCUT2D eigenvalue weighted by Crippen LogP contribution is 2.07. The van der Waals surface area contributed by atoms with Crippen molar-refractivity contribution >= 4 is 0 Å². The van der Waals surface area contributed by atoms with Crippen LogP contribution in [0.1, 0.15) is 6.42 Å². The van der Waals surface area contributed by atoms with Crippen LogP contribution < -0.4 is 0 Å². The molecule has 0 N–H and O–H groups in total. The van der Waals surface area contributed by atoms with Crippen molar-refractivity contribution in [3.63, 3.8) is 0 Å². The normalized spacial score (nSPS) is 25.1. The summed E-state index contributed by atoms with van der Waals surface area (Å²) in [6.07, 6.45) is 16.2. The first-order valence-electron chi connectivity index (χ1n) is 2.60. The minimum atomic E-state index is 0.205. The molecule has 0 spiro atoms. The predicted molar refractivity (Wildman–Crippen MR) is 32.2 cm³/mol. The van der Waals surface area contributed by atoms with E-state index in [9.17, 15) is 0 Å². The first kappa shape index (κ1) is 5.18. The van der Waals surface area contributed by atoms with E-state index in [0.717, 1.165) is 6.42 Å². The molecule has 2 radical (unpaired) electrons. The zero-order valence-electron chi connectivity index (χ0n) is 4.52. The molecule has 1 aliphatic rings. The Labute approximate surface area is 49.9 Å². The quantitative estimate of drug-likeness (QED) is 0.407. The fraction of sp³-hybridized carbons (Fsp3) is 0.250. The molecule has 0 amide bonds. The van der Waals surface area contributed by atoms with Crippen molar-refractivity contribution in [2.75, 3.05) is 0 Å². The highest BCUT2D eigenvalue weighted by Gasteiger charge is 1.97. The Bertz CT molecular complexity index is 155. The lowest BCUT2D eigenvalue weighted by Crippen LogP contribution is -1.91. The molecule has 1 rings (SSSR count). The standard InChI is InChI=1S/C8H6/c1-2-8-6-4-3-5-7-8/h4-6,8H,7H2/t8-/m1/s1. The summed E-state index contributed by atoms with van der Waals surface area (Å²) in [5.41, 5.74) is 0. The Morgan fingerprint density at radius 2 is 2.62 bits per heavy atom. The highest BCUT2D eigenvalue weighted by molar-refractivity contribution is 5.12. The van der Waals surface area contributed by atoms with Crippen LogP contribution >= 0.6 is 0 Å². The van der Waals surface area contributed by atoms with Crippen molar-refractivity contribution in [3.05, 3.63) is 30.7 Å². The lowest BCUT2D eigenvalue weighted by atomic mass is 10.0. The molecular formula is C8H6. The average Bonchev–Trinajstić information content (AvgIpc) is 1.90. The SMILES string of the molecule is [C]#C[C@@H]1C=C[C]=CC1. The minimum absolute atomic E-state index is 0.205. The summed E-state index contributed by atoms with van der Waals surface area (Å²) >= 11 is 0. The summed E-state index contributed by atoms with van der Waals surface area (Å²) in [4.78, 5) is 0. The zero-order valence-corrected chi connectivity index (χ0v) is 4.52. The molecule has 0 aromatic carbocycles. The predicted octanol–water partition coefficient (Wildman–Crippen LogP) is 1.51. The molecule has 1 atom stereocenters. The van der Waals surface area contributed by atoms with E-state index in [-0.39, 0.29) is 5.92 Å². The van der Waals surface area contributed by atoms with Crippen molar-refractivity contribution < 1.29 is 0 Å².